The predicted octanol–water partition coefficient (Wildman–Crippen LogP) is 2.69. The number of nitrogens with one attached hydrogen (secondary N) is 2. The first-order chi connectivity index (χ1) is 10.6. The summed E-state index contributed by atoms with van der Waals surface area (Å²) in [6.07, 6.45) is 6.98. The van der Waals surface area contributed by atoms with Crippen LogP contribution in [0, 0.1) is 11.8 Å². The van der Waals surface area contributed by atoms with Crippen LogP contribution in [-0.4, -0.2) is 28.3 Å². The largest absolute Gasteiger partial charge is 0.357 e. The molecule has 1 heterocycles. The summed E-state index contributed by atoms with van der Waals surface area (Å²) >= 11 is 0. The Morgan fingerprint density at radius 3 is 2.64 bits per heavy atom. The third kappa shape index (κ3) is 4.75. The molecule has 2 N–H and O–H groups in total. The maximum atomic E-state index is 4.70. The molecule has 5 nitrogen and oxygen atoms in total. The van der Waals surface area contributed by atoms with Crippen LogP contribution in [0.1, 0.15) is 52.1 Å². The third-order valence-corrected chi connectivity index (χ3v) is 4.72. The van der Waals surface area contributed by atoms with Crippen LogP contribution in [0.25, 0.3) is 0 Å². The van der Waals surface area contributed by atoms with Crippen molar-refractivity contribution in [3.63, 3.8) is 0 Å². The summed E-state index contributed by atoms with van der Waals surface area (Å²) in [5, 5.41) is 11.2. The van der Waals surface area contributed by atoms with Crippen molar-refractivity contribution in [3.05, 3.63) is 18.0 Å². The number of hydrogen-bond donors (Lipinski definition) is 2. The Kier molecular flexibility index (Phi) is 6.28. The SMILES string of the molecule is CCNC(=NCc1ccnn1C)NC1CCC(C(C)C)CC1. The molecule has 0 aromatic carbocycles. The Morgan fingerprint density at radius 1 is 1.36 bits per heavy atom. The van der Waals surface area contributed by atoms with Crippen LogP contribution in [0.15, 0.2) is 17.3 Å². The minimum absolute atomic E-state index is 0.555. The maximum Gasteiger partial charge on any atom is 0.191 e. The van der Waals surface area contributed by atoms with E-state index in [0.717, 1.165) is 30.0 Å². The van der Waals surface area contributed by atoms with Gasteiger partial charge in [-0.25, -0.2) is 4.99 Å². The van der Waals surface area contributed by atoms with E-state index < -0.39 is 0 Å². The molecule has 0 saturated heterocycles. The molecule has 124 valence electrons. The molecule has 0 aliphatic heterocycles. The number of aromatic nitrogens is 2. The average Bonchev–Trinajstić information content (AvgIpc) is 2.91. The van der Waals surface area contributed by atoms with Crippen molar-refractivity contribution >= 4 is 5.96 Å². The smallest absolute Gasteiger partial charge is 0.191 e. The monoisotopic (exact) mass is 305 g/mol. The Balaban J connectivity index is 1.88. The van der Waals surface area contributed by atoms with E-state index in [9.17, 15) is 0 Å². The molecule has 1 aromatic rings. The highest BCUT2D eigenvalue weighted by molar-refractivity contribution is 5.80. The molecule has 0 amide bonds. The average molecular weight is 305 g/mol. The molecule has 1 fully saturated rings. The lowest BCUT2D eigenvalue weighted by Crippen LogP contribution is -2.45. The molecule has 0 bridgehead atoms. The minimum Gasteiger partial charge on any atom is -0.357 e. The van der Waals surface area contributed by atoms with Gasteiger partial charge >= 0.3 is 0 Å². The van der Waals surface area contributed by atoms with Gasteiger partial charge in [-0.05, 0) is 50.5 Å². The first kappa shape index (κ1) is 16.8. The van der Waals surface area contributed by atoms with E-state index in [0.29, 0.717) is 12.6 Å². The number of hydrogen-bond acceptors (Lipinski definition) is 2. The summed E-state index contributed by atoms with van der Waals surface area (Å²) in [5.74, 6) is 2.64. The first-order valence-corrected chi connectivity index (χ1v) is 8.61. The Bertz CT molecular complexity index is 469. The summed E-state index contributed by atoms with van der Waals surface area (Å²) in [5.41, 5.74) is 1.13. The van der Waals surface area contributed by atoms with E-state index in [1.54, 1.807) is 0 Å². The van der Waals surface area contributed by atoms with Gasteiger partial charge in [-0.15, -0.1) is 0 Å². The van der Waals surface area contributed by atoms with Crippen LogP contribution in [0.2, 0.25) is 0 Å². The second kappa shape index (κ2) is 8.20. The summed E-state index contributed by atoms with van der Waals surface area (Å²) < 4.78 is 1.88. The molecule has 1 aromatic heterocycles. The Hall–Kier alpha value is -1.52. The Morgan fingerprint density at radius 2 is 2.09 bits per heavy atom. The molecule has 2 rings (SSSR count). The topological polar surface area (TPSA) is 54.2 Å². The number of guanidine groups is 1. The zero-order valence-corrected chi connectivity index (χ0v) is 14.5. The molecule has 0 unspecified atom stereocenters. The van der Waals surface area contributed by atoms with Crippen molar-refractivity contribution in [1.82, 2.24) is 20.4 Å². The fraction of sp³-hybridized carbons (Fsp3) is 0.765. The van der Waals surface area contributed by atoms with Crippen LogP contribution in [0.3, 0.4) is 0 Å². The molecule has 0 radical (unpaired) electrons. The number of aryl methyl sites for hydroxylation is 1. The van der Waals surface area contributed by atoms with Gasteiger partial charge in [0, 0.05) is 25.8 Å². The van der Waals surface area contributed by atoms with Gasteiger partial charge in [0.2, 0.25) is 0 Å². The molecule has 22 heavy (non-hydrogen) atoms. The van der Waals surface area contributed by atoms with Crippen molar-refractivity contribution in [2.24, 2.45) is 23.9 Å². The van der Waals surface area contributed by atoms with Crippen LogP contribution >= 0.6 is 0 Å². The lowest BCUT2D eigenvalue weighted by molar-refractivity contribution is 0.250. The number of rotatable bonds is 5. The molecule has 0 spiro atoms. The Labute approximate surface area is 134 Å². The quantitative estimate of drug-likeness (QED) is 0.649. The third-order valence-electron chi connectivity index (χ3n) is 4.72. The normalized spacial score (nSPS) is 22.9. The standard InChI is InChI=1S/C17H31N5/c1-5-18-17(19-12-16-10-11-20-22(16)4)21-15-8-6-14(7-9-15)13(2)3/h10-11,13-15H,5-9,12H2,1-4H3,(H2,18,19,21). The first-order valence-electron chi connectivity index (χ1n) is 8.61. The van der Waals surface area contributed by atoms with Crippen LogP contribution < -0.4 is 10.6 Å². The van der Waals surface area contributed by atoms with Crippen LogP contribution in [0.5, 0.6) is 0 Å². The minimum atomic E-state index is 0.555. The fourth-order valence-electron chi connectivity index (χ4n) is 3.16. The molecule has 1 aliphatic carbocycles. The zero-order chi connectivity index (χ0) is 15.9. The lowest BCUT2D eigenvalue weighted by Gasteiger charge is -2.32. The summed E-state index contributed by atoms with van der Waals surface area (Å²) in [6.45, 7) is 8.35. The molecule has 5 heteroatoms. The van der Waals surface area contributed by atoms with Gasteiger partial charge in [0.25, 0.3) is 0 Å². The number of aliphatic imine (C=N–C) groups is 1. The fourth-order valence-corrected chi connectivity index (χ4v) is 3.16. The van der Waals surface area contributed by atoms with Crippen molar-refractivity contribution in [2.45, 2.75) is 59.0 Å². The van der Waals surface area contributed by atoms with Gasteiger partial charge in [0.05, 0.1) is 12.2 Å². The van der Waals surface area contributed by atoms with Crippen LogP contribution in [-0.2, 0) is 13.6 Å². The van der Waals surface area contributed by atoms with Crippen LogP contribution in [0.4, 0.5) is 0 Å². The van der Waals surface area contributed by atoms with E-state index in [1.807, 2.05) is 24.0 Å². The van der Waals surface area contributed by atoms with Gasteiger partial charge < -0.3 is 10.6 Å². The number of nitrogens with zero attached hydrogens (tertiary/aromatic N) is 3. The van der Waals surface area contributed by atoms with Crippen molar-refractivity contribution in [2.75, 3.05) is 6.54 Å². The van der Waals surface area contributed by atoms with Gasteiger partial charge in [-0.1, -0.05) is 13.8 Å². The molecule has 1 aliphatic rings. The van der Waals surface area contributed by atoms with E-state index >= 15 is 0 Å². The predicted molar refractivity (Wildman–Crippen MR) is 91.7 cm³/mol. The van der Waals surface area contributed by atoms with Crippen molar-refractivity contribution < 1.29 is 0 Å². The zero-order valence-electron chi connectivity index (χ0n) is 14.5. The van der Waals surface area contributed by atoms with Gasteiger partial charge in [-0.3, -0.25) is 4.68 Å². The van der Waals surface area contributed by atoms with E-state index in [4.69, 9.17) is 4.99 Å². The van der Waals surface area contributed by atoms with Gasteiger partial charge in [0.15, 0.2) is 5.96 Å². The molecular formula is C17H31N5. The second-order valence-corrected chi connectivity index (χ2v) is 6.64. The van der Waals surface area contributed by atoms with Gasteiger partial charge in [0.1, 0.15) is 0 Å². The maximum absolute atomic E-state index is 4.70. The lowest BCUT2D eigenvalue weighted by atomic mass is 9.80. The highest BCUT2D eigenvalue weighted by Gasteiger charge is 2.23. The van der Waals surface area contributed by atoms with Crippen molar-refractivity contribution in [3.8, 4) is 0 Å². The summed E-state index contributed by atoms with van der Waals surface area (Å²) in [7, 11) is 1.96. The molecule has 0 atom stereocenters. The molecule has 1 saturated carbocycles. The second-order valence-electron chi connectivity index (χ2n) is 6.64. The van der Waals surface area contributed by atoms with E-state index in [-0.39, 0.29) is 0 Å². The highest BCUT2D eigenvalue weighted by atomic mass is 15.3. The van der Waals surface area contributed by atoms with E-state index in [2.05, 4.69) is 36.5 Å². The molecular weight excluding hydrogens is 274 g/mol. The highest BCUT2D eigenvalue weighted by Crippen LogP contribution is 2.29. The van der Waals surface area contributed by atoms with E-state index in [1.165, 1.54) is 25.7 Å². The summed E-state index contributed by atoms with van der Waals surface area (Å²) in [6, 6.07) is 2.57. The summed E-state index contributed by atoms with van der Waals surface area (Å²) in [4.78, 5) is 4.70. The van der Waals surface area contributed by atoms with Crippen molar-refractivity contribution in [1.29, 1.82) is 0 Å². The van der Waals surface area contributed by atoms with Gasteiger partial charge in [-0.2, -0.15) is 5.10 Å².